The predicted molar refractivity (Wildman–Crippen MR) is 119 cm³/mol. The molecule has 3 rings (SSSR count). The van der Waals surface area contributed by atoms with Crippen LogP contribution in [0.4, 0.5) is 0 Å². The van der Waals surface area contributed by atoms with E-state index in [9.17, 15) is 0 Å². The zero-order valence-corrected chi connectivity index (χ0v) is 18.5. The Labute approximate surface area is 180 Å². The fourth-order valence-corrected chi connectivity index (χ4v) is 4.38. The average molecular weight is 423 g/mol. The molecule has 0 aliphatic carbocycles. The molecule has 0 saturated carbocycles. The van der Waals surface area contributed by atoms with Crippen molar-refractivity contribution in [1.29, 1.82) is 0 Å². The molecule has 0 amide bonds. The summed E-state index contributed by atoms with van der Waals surface area (Å²) in [6, 6.07) is 8.29. The van der Waals surface area contributed by atoms with Gasteiger partial charge in [0.2, 0.25) is 0 Å². The summed E-state index contributed by atoms with van der Waals surface area (Å²) >= 11 is 6.56. The summed E-state index contributed by atoms with van der Waals surface area (Å²) in [4.78, 5) is 9.86. The van der Waals surface area contributed by atoms with Crippen LogP contribution in [0, 0.1) is 0 Å². The van der Waals surface area contributed by atoms with E-state index < -0.39 is 0 Å². The number of benzene rings is 1. The molecule has 6 nitrogen and oxygen atoms in total. The Morgan fingerprint density at radius 2 is 1.93 bits per heavy atom. The van der Waals surface area contributed by atoms with Crippen molar-refractivity contribution in [3.63, 3.8) is 0 Å². The Kier molecular flexibility index (Phi) is 9.05. The number of likely N-dealkylation sites (tertiary alicyclic amines) is 1. The molecule has 0 aromatic heterocycles. The van der Waals surface area contributed by atoms with Gasteiger partial charge in [-0.2, -0.15) is 0 Å². The van der Waals surface area contributed by atoms with E-state index >= 15 is 0 Å². The number of piperidine rings is 1. The Hall–Kier alpha value is -1.34. The Bertz CT molecular complexity index is 643. The summed E-state index contributed by atoms with van der Waals surface area (Å²) in [7, 11) is 0. The summed E-state index contributed by atoms with van der Waals surface area (Å²) in [5, 5.41) is 4.29. The van der Waals surface area contributed by atoms with E-state index in [-0.39, 0.29) is 6.04 Å². The standard InChI is InChI=1S/C22H35ClN4O2/c1-3-24-22(27-11-9-18(10-12-27)29-4-2)25-17-21(26-13-15-28-16-14-26)19-7-5-6-8-20(19)23/h5-8,18,21H,3-4,9-17H2,1-2H3,(H,24,25). The molecule has 7 heteroatoms. The third-order valence-corrected chi connectivity index (χ3v) is 5.99. The molecule has 0 spiro atoms. The number of halogens is 1. The summed E-state index contributed by atoms with van der Waals surface area (Å²) in [5.41, 5.74) is 1.14. The van der Waals surface area contributed by atoms with E-state index in [2.05, 4.69) is 41.1 Å². The van der Waals surface area contributed by atoms with Crippen LogP contribution in [-0.4, -0.2) is 81.0 Å². The van der Waals surface area contributed by atoms with Gasteiger partial charge in [0.05, 0.1) is 31.9 Å². The third kappa shape index (κ3) is 6.32. The Morgan fingerprint density at radius 1 is 1.21 bits per heavy atom. The molecule has 1 aromatic rings. The summed E-state index contributed by atoms with van der Waals surface area (Å²) in [6.45, 7) is 11.8. The van der Waals surface area contributed by atoms with Crippen molar-refractivity contribution in [1.82, 2.24) is 15.1 Å². The van der Waals surface area contributed by atoms with Crippen LogP contribution in [0.2, 0.25) is 5.02 Å². The molecule has 1 atom stereocenters. The smallest absolute Gasteiger partial charge is 0.193 e. The van der Waals surface area contributed by atoms with Gasteiger partial charge in [0.15, 0.2) is 5.96 Å². The molecule has 2 aliphatic rings. The molecular weight excluding hydrogens is 388 g/mol. The fourth-order valence-electron chi connectivity index (χ4n) is 4.11. The first-order valence-corrected chi connectivity index (χ1v) is 11.3. The van der Waals surface area contributed by atoms with Gasteiger partial charge >= 0.3 is 0 Å². The number of guanidine groups is 1. The number of ether oxygens (including phenoxy) is 2. The van der Waals surface area contributed by atoms with E-state index in [4.69, 9.17) is 26.1 Å². The van der Waals surface area contributed by atoms with Crippen molar-refractivity contribution in [3.8, 4) is 0 Å². The summed E-state index contributed by atoms with van der Waals surface area (Å²) in [6.07, 6.45) is 2.48. The first-order chi connectivity index (χ1) is 14.2. The minimum atomic E-state index is 0.155. The minimum absolute atomic E-state index is 0.155. The molecule has 1 aromatic carbocycles. The molecule has 2 fully saturated rings. The maximum atomic E-state index is 6.56. The lowest BCUT2D eigenvalue weighted by Crippen LogP contribution is -2.47. The Morgan fingerprint density at radius 3 is 2.59 bits per heavy atom. The van der Waals surface area contributed by atoms with Crippen molar-refractivity contribution in [3.05, 3.63) is 34.9 Å². The fraction of sp³-hybridized carbons (Fsp3) is 0.682. The van der Waals surface area contributed by atoms with Crippen LogP contribution in [0.5, 0.6) is 0 Å². The quantitative estimate of drug-likeness (QED) is 0.540. The monoisotopic (exact) mass is 422 g/mol. The van der Waals surface area contributed by atoms with Gasteiger partial charge < -0.3 is 19.7 Å². The van der Waals surface area contributed by atoms with Gasteiger partial charge in [0.1, 0.15) is 0 Å². The molecule has 1 unspecified atom stereocenters. The van der Waals surface area contributed by atoms with E-state index in [0.29, 0.717) is 12.6 Å². The number of morpholine rings is 1. The van der Waals surface area contributed by atoms with Crippen molar-refractivity contribution < 1.29 is 9.47 Å². The highest BCUT2D eigenvalue weighted by Gasteiger charge is 2.26. The molecule has 1 N–H and O–H groups in total. The lowest BCUT2D eigenvalue weighted by molar-refractivity contribution is 0.0177. The van der Waals surface area contributed by atoms with Crippen molar-refractivity contribution in [2.75, 3.05) is 59.1 Å². The normalized spacial score (nSPS) is 20.7. The van der Waals surface area contributed by atoms with Gasteiger partial charge in [-0.15, -0.1) is 0 Å². The molecule has 162 valence electrons. The highest BCUT2D eigenvalue weighted by molar-refractivity contribution is 6.31. The molecule has 2 heterocycles. The highest BCUT2D eigenvalue weighted by Crippen LogP contribution is 2.28. The number of hydrogen-bond acceptors (Lipinski definition) is 4. The SMILES string of the molecule is CCNC(=NCC(c1ccccc1Cl)N1CCOCC1)N1CCC(OCC)CC1. The molecular formula is C22H35ClN4O2. The molecule has 0 bridgehead atoms. The van der Waals surface area contributed by atoms with Crippen LogP contribution in [0.25, 0.3) is 0 Å². The average Bonchev–Trinajstić information content (AvgIpc) is 2.76. The van der Waals surface area contributed by atoms with Gasteiger partial charge in [-0.25, -0.2) is 0 Å². The van der Waals surface area contributed by atoms with E-state index in [0.717, 1.165) is 81.9 Å². The number of aliphatic imine (C=N–C) groups is 1. The number of nitrogens with one attached hydrogen (secondary N) is 1. The topological polar surface area (TPSA) is 49.3 Å². The number of hydrogen-bond donors (Lipinski definition) is 1. The van der Waals surface area contributed by atoms with Crippen molar-refractivity contribution in [2.45, 2.75) is 38.8 Å². The largest absolute Gasteiger partial charge is 0.379 e. The van der Waals surface area contributed by atoms with Crippen LogP contribution in [0.3, 0.4) is 0 Å². The van der Waals surface area contributed by atoms with E-state index in [1.807, 2.05) is 12.1 Å². The first-order valence-electron chi connectivity index (χ1n) is 10.9. The third-order valence-electron chi connectivity index (χ3n) is 5.64. The number of rotatable bonds is 7. The Balaban J connectivity index is 1.73. The zero-order valence-electron chi connectivity index (χ0n) is 17.8. The predicted octanol–water partition coefficient (Wildman–Crippen LogP) is 3.18. The summed E-state index contributed by atoms with van der Waals surface area (Å²) in [5.74, 6) is 0.993. The summed E-state index contributed by atoms with van der Waals surface area (Å²) < 4.78 is 11.4. The van der Waals surface area contributed by atoms with Crippen molar-refractivity contribution in [2.24, 2.45) is 4.99 Å². The lowest BCUT2D eigenvalue weighted by Gasteiger charge is -2.36. The highest BCUT2D eigenvalue weighted by atomic mass is 35.5. The maximum absolute atomic E-state index is 6.56. The van der Waals surface area contributed by atoms with Gasteiger partial charge in [-0.3, -0.25) is 9.89 Å². The van der Waals surface area contributed by atoms with Crippen LogP contribution in [-0.2, 0) is 9.47 Å². The minimum Gasteiger partial charge on any atom is -0.379 e. The van der Waals surface area contributed by atoms with E-state index in [1.54, 1.807) is 0 Å². The maximum Gasteiger partial charge on any atom is 0.193 e. The van der Waals surface area contributed by atoms with Gasteiger partial charge in [-0.1, -0.05) is 29.8 Å². The van der Waals surface area contributed by atoms with Crippen LogP contribution < -0.4 is 5.32 Å². The molecule has 2 saturated heterocycles. The number of nitrogens with zero attached hydrogens (tertiary/aromatic N) is 3. The second-order valence-electron chi connectivity index (χ2n) is 7.52. The van der Waals surface area contributed by atoms with Gasteiger partial charge in [0.25, 0.3) is 0 Å². The van der Waals surface area contributed by atoms with E-state index in [1.165, 1.54) is 0 Å². The first kappa shape index (κ1) is 22.3. The second kappa shape index (κ2) is 11.7. The molecule has 2 aliphatic heterocycles. The van der Waals surface area contributed by atoms with Gasteiger partial charge in [0, 0.05) is 44.4 Å². The lowest BCUT2D eigenvalue weighted by atomic mass is 10.0. The van der Waals surface area contributed by atoms with Crippen molar-refractivity contribution >= 4 is 17.6 Å². The zero-order chi connectivity index (χ0) is 20.5. The van der Waals surface area contributed by atoms with Crippen LogP contribution in [0.1, 0.15) is 38.3 Å². The van der Waals surface area contributed by atoms with Crippen LogP contribution in [0.15, 0.2) is 29.3 Å². The van der Waals surface area contributed by atoms with Gasteiger partial charge in [-0.05, 0) is 38.3 Å². The molecule has 0 radical (unpaired) electrons. The van der Waals surface area contributed by atoms with Crippen LogP contribution >= 0.6 is 11.6 Å². The molecule has 29 heavy (non-hydrogen) atoms. The second-order valence-corrected chi connectivity index (χ2v) is 7.93.